The molecule has 3 rings (SSSR count). The maximum atomic E-state index is 12.3. The number of hydrogen-bond acceptors (Lipinski definition) is 7. The lowest BCUT2D eigenvalue weighted by Gasteiger charge is -2.07. The van der Waals surface area contributed by atoms with Crippen LogP contribution in [0.5, 0.6) is 0 Å². The fourth-order valence-corrected chi connectivity index (χ4v) is 4.45. The van der Waals surface area contributed by atoms with Gasteiger partial charge >= 0.3 is 5.97 Å². The van der Waals surface area contributed by atoms with Crippen LogP contribution in [0.3, 0.4) is 0 Å². The van der Waals surface area contributed by atoms with E-state index < -0.39 is 5.97 Å². The molecule has 2 aromatic heterocycles. The molecule has 0 atom stereocenters. The maximum Gasteiger partial charge on any atom is 0.338 e. The number of ether oxygens (including phenoxy) is 1. The highest BCUT2D eigenvalue weighted by atomic mass is 32.2. The molecule has 6 nitrogen and oxygen atoms in total. The van der Waals surface area contributed by atoms with Crippen molar-refractivity contribution in [3.05, 3.63) is 46.6 Å². The van der Waals surface area contributed by atoms with E-state index in [1.807, 2.05) is 6.92 Å². The molecule has 140 valence electrons. The minimum Gasteiger partial charge on any atom is -0.462 e. The number of anilines is 1. The third-order valence-corrected chi connectivity index (χ3v) is 6.03. The van der Waals surface area contributed by atoms with Crippen molar-refractivity contribution >= 4 is 50.9 Å². The van der Waals surface area contributed by atoms with Crippen molar-refractivity contribution in [1.29, 1.82) is 0 Å². The molecule has 0 aliphatic rings. The molecule has 0 unspecified atom stereocenters. The SMILES string of the molecule is CCOC(=O)c1cccc(NC(=O)CSc2ncnc3sc(C)c(C)c23)c1. The first kappa shape index (κ1) is 19.3. The largest absolute Gasteiger partial charge is 0.462 e. The Labute approximate surface area is 165 Å². The van der Waals surface area contributed by atoms with Gasteiger partial charge in [0.05, 0.1) is 17.9 Å². The molecule has 1 aromatic carbocycles. The molecule has 3 aromatic rings. The Morgan fingerprint density at radius 1 is 1.26 bits per heavy atom. The number of esters is 1. The number of thioether (sulfide) groups is 1. The van der Waals surface area contributed by atoms with E-state index >= 15 is 0 Å². The van der Waals surface area contributed by atoms with Crippen LogP contribution in [0.15, 0.2) is 35.6 Å². The van der Waals surface area contributed by atoms with Gasteiger partial charge in [-0.15, -0.1) is 11.3 Å². The molecule has 0 saturated carbocycles. The van der Waals surface area contributed by atoms with Gasteiger partial charge in [0.15, 0.2) is 0 Å². The van der Waals surface area contributed by atoms with Crippen molar-refractivity contribution in [2.75, 3.05) is 17.7 Å². The summed E-state index contributed by atoms with van der Waals surface area (Å²) >= 11 is 3.00. The smallest absolute Gasteiger partial charge is 0.338 e. The molecule has 0 fully saturated rings. The second-order valence-corrected chi connectivity index (χ2v) is 7.95. The summed E-state index contributed by atoms with van der Waals surface area (Å²) in [5.74, 6) is -0.364. The van der Waals surface area contributed by atoms with E-state index in [1.54, 1.807) is 42.5 Å². The van der Waals surface area contributed by atoms with Gasteiger partial charge in [-0.1, -0.05) is 17.8 Å². The van der Waals surface area contributed by atoms with E-state index in [4.69, 9.17) is 4.74 Å². The molecular weight excluding hydrogens is 382 g/mol. The van der Waals surface area contributed by atoms with Gasteiger partial charge in [0.2, 0.25) is 5.91 Å². The Kier molecular flexibility index (Phi) is 6.08. The van der Waals surface area contributed by atoms with Crippen molar-refractivity contribution in [2.24, 2.45) is 0 Å². The highest BCUT2D eigenvalue weighted by molar-refractivity contribution is 8.00. The van der Waals surface area contributed by atoms with Crippen LogP contribution in [0.2, 0.25) is 0 Å². The zero-order valence-corrected chi connectivity index (χ0v) is 16.9. The van der Waals surface area contributed by atoms with E-state index in [1.165, 1.54) is 23.0 Å². The van der Waals surface area contributed by atoms with Crippen LogP contribution in [-0.4, -0.2) is 34.2 Å². The van der Waals surface area contributed by atoms with Gasteiger partial charge in [-0.25, -0.2) is 14.8 Å². The van der Waals surface area contributed by atoms with Gasteiger partial charge in [0.25, 0.3) is 0 Å². The summed E-state index contributed by atoms with van der Waals surface area (Å²) in [6.45, 7) is 6.16. The van der Waals surface area contributed by atoms with E-state index in [0.717, 1.165) is 20.8 Å². The van der Waals surface area contributed by atoms with Gasteiger partial charge in [-0.2, -0.15) is 0 Å². The molecule has 0 aliphatic heterocycles. The molecule has 8 heteroatoms. The average Bonchev–Trinajstić information content (AvgIpc) is 2.95. The van der Waals surface area contributed by atoms with Gasteiger partial charge < -0.3 is 10.1 Å². The minimum atomic E-state index is -0.408. The monoisotopic (exact) mass is 401 g/mol. The Bertz CT molecular complexity index is 1000. The topological polar surface area (TPSA) is 81.2 Å². The first-order valence-electron chi connectivity index (χ1n) is 8.40. The molecule has 2 heterocycles. The number of hydrogen-bond donors (Lipinski definition) is 1. The van der Waals surface area contributed by atoms with Crippen LogP contribution < -0.4 is 5.32 Å². The number of nitrogens with one attached hydrogen (secondary N) is 1. The number of rotatable bonds is 6. The number of carbonyl (C=O) groups excluding carboxylic acids is 2. The fraction of sp³-hybridized carbons (Fsp3) is 0.263. The Hall–Kier alpha value is -2.45. The fourth-order valence-electron chi connectivity index (χ4n) is 2.53. The van der Waals surface area contributed by atoms with Crippen LogP contribution >= 0.6 is 23.1 Å². The van der Waals surface area contributed by atoms with Crippen LogP contribution in [0.25, 0.3) is 10.2 Å². The van der Waals surface area contributed by atoms with E-state index in [9.17, 15) is 9.59 Å². The predicted molar refractivity (Wildman–Crippen MR) is 109 cm³/mol. The number of fused-ring (bicyclic) bond motifs is 1. The molecule has 1 N–H and O–H groups in total. The van der Waals surface area contributed by atoms with Gasteiger partial charge in [0, 0.05) is 16.0 Å². The number of aryl methyl sites for hydroxylation is 2. The lowest BCUT2D eigenvalue weighted by molar-refractivity contribution is -0.113. The van der Waals surface area contributed by atoms with E-state index in [-0.39, 0.29) is 11.7 Å². The molecule has 1 amide bonds. The summed E-state index contributed by atoms with van der Waals surface area (Å²) in [5.41, 5.74) is 2.12. The highest BCUT2D eigenvalue weighted by Crippen LogP contribution is 2.34. The van der Waals surface area contributed by atoms with Crippen molar-refractivity contribution < 1.29 is 14.3 Å². The average molecular weight is 402 g/mol. The molecule has 27 heavy (non-hydrogen) atoms. The second kappa shape index (κ2) is 8.49. The molecular formula is C19H19N3O3S2. The van der Waals surface area contributed by atoms with Crippen molar-refractivity contribution in [2.45, 2.75) is 25.8 Å². The quantitative estimate of drug-likeness (QED) is 0.378. The van der Waals surface area contributed by atoms with Crippen molar-refractivity contribution in [3.8, 4) is 0 Å². The summed E-state index contributed by atoms with van der Waals surface area (Å²) in [5, 5.41) is 4.63. The summed E-state index contributed by atoms with van der Waals surface area (Å²) in [7, 11) is 0. The summed E-state index contributed by atoms with van der Waals surface area (Å²) in [4.78, 5) is 34.9. The molecule has 0 aliphatic carbocycles. The number of amides is 1. The van der Waals surface area contributed by atoms with E-state index in [0.29, 0.717) is 17.9 Å². The third-order valence-electron chi connectivity index (χ3n) is 3.93. The Balaban J connectivity index is 1.67. The zero-order chi connectivity index (χ0) is 19.4. The van der Waals surface area contributed by atoms with Gasteiger partial charge in [-0.3, -0.25) is 4.79 Å². The molecule has 0 saturated heterocycles. The van der Waals surface area contributed by atoms with E-state index in [2.05, 4.69) is 22.2 Å². The van der Waals surface area contributed by atoms with Crippen LogP contribution in [0.4, 0.5) is 5.69 Å². The first-order valence-corrected chi connectivity index (χ1v) is 10.2. The summed E-state index contributed by atoms with van der Waals surface area (Å²) < 4.78 is 4.98. The Morgan fingerprint density at radius 2 is 2.07 bits per heavy atom. The van der Waals surface area contributed by atoms with Gasteiger partial charge in [0.1, 0.15) is 16.2 Å². The minimum absolute atomic E-state index is 0.169. The summed E-state index contributed by atoms with van der Waals surface area (Å²) in [6.07, 6.45) is 1.53. The third kappa shape index (κ3) is 4.45. The first-order chi connectivity index (χ1) is 13.0. The highest BCUT2D eigenvalue weighted by Gasteiger charge is 2.14. The number of aromatic nitrogens is 2. The predicted octanol–water partition coefficient (Wildman–Crippen LogP) is 4.22. The number of thiophene rings is 1. The second-order valence-electron chi connectivity index (χ2n) is 5.78. The van der Waals surface area contributed by atoms with Crippen molar-refractivity contribution in [1.82, 2.24) is 9.97 Å². The lowest BCUT2D eigenvalue weighted by atomic mass is 10.2. The van der Waals surface area contributed by atoms with Crippen LogP contribution in [0.1, 0.15) is 27.7 Å². The molecule has 0 bridgehead atoms. The lowest BCUT2D eigenvalue weighted by Crippen LogP contribution is -2.15. The molecule has 0 spiro atoms. The number of carbonyl (C=O) groups is 2. The van der Waals surface area contributed by atoms with Gasteiger partial charge in [-0.05, 0) is 44.5 Å². The van der Waals surface area contributed by atoms with Crippen LogP contribution in [-0.2, 0) is 9.53 Å². The zero-order valence-electron chi connectivity index (χ0n) is 15.2. The number of nitrogens with zero attached hydrogens (tertiary/aromatic N) is 2. The summed E-state index contributed by atoms with van der Waals surface area (Å²) in [6, 6.07) is 6.71. The molecule has 0 radical (unpaired) electrons. The maximum absolute atomic E-state index is 12.3. The normalized spacial score (nSPS) is 10.8. The Morgan fingerprint density at radius 3 is 2.85 bits per heavy atom. The van der Waals surface area contributed by atoms with Crippen molar-refractivity contribution in [3.63, 3.8) is 0 Å². The van der Waals surface area contributed by atoms with Crippen LogP contribution in [0, 0.1) is 13.8 Å². The standard InChI is InChI=1S/C19H19N3O3S2/c1-4-25-19(24)13-6-5-7-14(8-13)22-15(23)9-26-17-16-11(2)12(3)27-18(16)21-10-20-17/h5-8,10H,4,9H2,1-3H3,(H,22,23). The number of benzene rings is 1.